The van der Waals surface area contributed by atoms with Gasteiger partial charge in [-0.05, 0) is 92.1 Å². The second-order valence-electron chi connectivity index (χ2n) is 10.5. The van der Waals surface area contributed by atoms with Gasteiger partial charge in [-0.2, -0.15) is 0 Å². The van der Waals surface area contributed by atoms with E-state index in [2.05, 4.69) is 10.3 Å². The number of nitrogens with zero attached hydrogens (tertiary/aromatic N) is 2. The largest absolute Gasteiger partial charge is 0.375 e. The van der Waals surface area contributed by atoms with Crippen molar-refractivity contribution in [2.75, 3.05) is 5.32 Å². The number of aryl methyl sites for hydroxylation is 2. The van der Waals surface area contributed by atoms with Crippen LogP contribution in [0, 0.1) is 25.5 Å². The van der Waals surface area contributed by atoms with Crippen LogP contribution in [0.5, 0.6) is 0 Å². The number of carbonyl (C=O) groups excluding carboxylic acids is 1. The van der Waals surface area contributed by atoms with Crippen LogP contribution in [0.4, 0.5) is 14.5 Å². The SMILES string of the molecule is Cc1cnc(-c2cc3c(cc2F)C(C)(O)C(=O)N3)cc1-n1c(C)cc([C@H]2C[C@@H]2c2ccc(F)cc2)c(Cl)c1=O. The highest BCUT2D eigenvalue weighted by molar-refractivity contribution is 6.31. The standard InChI is InChI=1S/C30H24ClF2N3O3/c1-14-13-34-24(21-10-25-22(11-23(21)33)30(3,39)29(38)35-25)12-26(14)36-15(2)8-20(27(31)28(36)37)19-9-18(19)16-4-6-17(32)7-5-16/h4-8,10-13,18-19,39H,9H2,1-3H3,(H,35,38)/t18-,19+,30?/m1/s1. The highest BCUT2D eigenvalue weighted by Gasteiger charge is 2.42. The van der Waals surface area contributed by atoms with Gasteiger partial charge in [0.2, 0.25) is 0 Å². The van der Waals surface area contributed by atoms with Gasteiger partial charge in [0.1, 0.15) is 16.7 Å². The molecular formula is C30H24ClF2N3O3. The first-order valence-electron chi connectivity index (χ1n) is 12.5. The normalized spacial score (nSPS) is 21.6. The molecule has 9 heteroatoms. The van der Waals surface area contributed by atoms with Gasteiger partial charge in [0.15, 0.2) is 5.60 Å². The van der Waals surface area contributed by atoms with Gasteiger partial charge in [0.05, 0.1) is 11.4 Å². The van der Waals surface area contributed by atoms with Gasteiger partial charge >= 0.3 is 0 Å². The molecule has 2 aromatic heterocycles. The van der Waals surface area contributed by atoms with E-state index in [0.29, 0.717) is 22.6 Å². The van der Waals surface area contributed by atoms with E-state index in [1.54, 1.807) is 31.3 Å². The molecule has 6 rings (SSSR count). The van der Waals surface area contributed by atoms with Gasteiger partial charge < -0.3 is 10.4 Å². The smallest absolute Gasteiger partial charge is 0.274 e. The van der Waals surface area contributed by atoms with E-state index in [0.717, 1.165) is 23.6 Å². The Balaban J connectivity index is 1.39. The molecule has 1 saturated carbocycles. The van der Waals surface area contributed by atoms with E-state index in [1.165, 1.54) is 29.7 Å². The maximum absolute atomic E-state index is 15.2. The van der Waals surface area contributed by atoms with Crippen LogP contribution in [0.3, 0.4) is 0 Å². The molecule has 1 aliphatic carbocycles. The number of halogens is 3. The minimum atomic E-state index is -1.83. The fraction of sp³-hybridized carbons (Fsp3) is 0.233. The third kappa shape index (κ3) is 4.06. The maximum atomic E-state index is 15.2. The maximum Gasteiger partial charge on any atom is 0.274 e. The van der Waals surface area contributed by atoms with Crippen molar-refractivity contribution < 1.29 is 18.7 Å². The summed E-state index contributed by atoms with van der Waals surface area (Å²) in [7, 11) is 0. The molecule has 4 aromatic rings. The lowest BCUT2D eigenvalue weighted by Gasteiger charge is -2.17. The molecule has 6 nitrogen and oxygen atoms in total. The third-order valence-corrected chi connectivity index (χ3v) is 8.14. The first-order chi connectivity index (χ1) is 18.5. The molecule has 1 fully saturated rings. The Bertz CT molecular complexity index is 1750. The van der Waals surface area contributed by atoms with E-state index in [9.17, 15) is 19.1 Å². The average molecular weight is 548 g/mol. The Labute approximate surface area is 227 Å². The van der Waals surface area contributed by atoms with E-state index < -0.39 is 22.9 Å². The predicted octanol–water partition coefficient (Wildman–Crippen LogP) is 5.88. The van der Waals surface area contributed by atoms with Crippen LogP contribution in [-0.2, 0) is 10.4 Å². The van der Waals surface area contributed by atoms with E-state index in [4.69, 9.17) is 11.6 Å². The summed E-state index contributed by atoms with van der Waals surface area (Å²) in [6, 6.07) is 12.4. The van der Waals surface area contributed by atoms with Gasteiger partial charge in [0, 0.05) is 28.7 Å². The number of benzene rings is 2. The number of carbonyl (C=O) groups is 1. The summed E-state index contributed by atoms with van der Waals surface area (Å²) < 4.78 is 30.0. The van der Waals surface area contributed by atoms with Crippen LogP contribution in [-0.4, -0.2) is 20.6 Å². The van der Waals surface area contributed by atoms with Crippen molar-refractivity contribution in [2.24, 2.45) is 0 Å². The highest BCUT2D eigenvalue weighted by Crippen LogP contribution is 2.55. The summed E-state index contributed by atoms with van der Waals surface area (Å²) in [5.41, 5.74) is 2.17. The number of hydrogen-bond acceptors (Lipinski definition) is 4. The van der Waals surface area contributed by atoms with Crippen LogP contribution in [0.15, 0.2) is 59.5 Å². The van der Waals surface area contributed by atoms with E-state index >= 15 is 4.39 Å². The average Bonchev–Trinajstić information content (AvgIpc) is 3.65. The molecule has 1 unspecified atom stereocenters. The Morgan fingerprint density at radius 3 is 2.51 bits per heavy atom. The van der Waals surface area contributed by atoms with Crippen molar-refractivity contribution in [1.29, 1.82) is 0 Å². The summed E-state index contributed by atoms with van der Waals surface area (Å²) in [5.74, 6) is -1.37. The van der Waals surface area contributed by atoms with Gasteiger partial charge in [-0.25, -0.2) is 8.78 Å². The van der Waals surface area contributed by atoms with Gasteiger partial charge in [-0.3, -0.25) is 19.1 Å². The molecule has 3 heterocycles. The zero-order chi connectivity index (χ0) is 27.8. The first-order valence-corrected chi connectivity index (χ1v) is 12.9. The first kappa shape index (κ1) is 25.4. The van der Waals surface area contributed by atoms with Gasteiger partial charge in [0.25, 0.3) is 11.5 Å². The Morgan fingerprint density at radius 2 is 1.79 bits per heavy atom. The van der Waals surface area contributed by atoms with Gasteiger partial charge in [-0.1, -0.05) is 23.7 Å². The number of pyridine rings is 2. The van der Waals surface area contributed by atoms with Crippen LogP contribution in [0.2, 0.25) is 5.02 Å². The van der Waals surface area contributed by atoms with Crippen molar-refractivity contribution in [3.05, 3.63) is 110 Å². The fourth-order valence-electron chi connectivity index (χ4n) is 5.46. The Morgan fingerprint density at radius 1 is 1.08 bits per heavy atom. The summed E-state index contributed by atoms with van der Waals surface area (Å²) >= 11 is 6.64. The quantitative estimate of drug-likeness (QED) is 0.334. The topological polar surface area (TPSA) is 84.2 Å². The lowest BCUT2D eigenvalue weighted by Crippen LogP contribution is -2.30. The van der Waals surface area contributed by atoms with E-state index in [1.807, 2.05) is 13.0 Å². The number of aliphatic hydroxyl groups is 1. The molecule has 198 valence electrons. The summed E-state index contributed by atoms with van der Waals surface area (Å²) in [5, 5.41) is 13.1. The van der Waals surface area contributed by atoms with Crippen molar-refractivity contribution in [1.82, 2.24) is 9.55 Å². The van der Waals surface area contributed by atoms with Crippen molar-refractivity contribution >= 4 is 23.2 Å². The molecule has 39 heavy (non-hydrogen) atoms. The fourth-order valence-corrected chi connectivity index (χ4v) is 5.74. The summed E-state index contributed by atoms with van der Waals surface area (Å²) in [6.45, 7) is 4.91. The Hall–Kier alpha value is -3.88. The van der Waals surface area contributed by atoms with E-state index in [-0.39, 0.29) is 39.5 Å². The summed E-state index contributed by atoms with van der Waals surface area (Å²) in [4.78, 5) is 30.1. The molecule has 0 bridgehead atoms. The Kier molecular flexibility index (Phi) is 5.75. The molecule has 0 radical (unpaired) electrons. The van der Waals surface area contributed by atoms with Crippen LogP contribution >= 0.6 is 11.6 Å². The second kappa shape index (κ2) is 8.83. The minimum absolute atomic E-state index is 0.0611. The number of amides is 1. The molecule has 2 N–H and O–H groups in total. The molecule has 2 aromatic carbocycles. The molecule has 1 amide bonds. The molecule has 1 aliphatic heterocycles. The lowest BCUT2D eigenvalue weighted by molar-refractivity contribution is -0.131. The highest BCUT2D eigenvalue weighted by atomic mass is 35.5. The monoisotopic (exact) mass is 547 g/mol. The molecule has 3 atom stereocenters. The van der Waals surface area contributed by atoms with Crippen LogP contribution < -0.4 is 10.9 Å². The number of rotatable bonds is 4. The number of fused-ring (bicyclic) bond motifs is 1. The predicted molar refractivity (Wildman–Crippen MR) is 144 cm³/mol. The zero-order valence-electron chi connectivity index (χ0n) is 21.3. The van der Waals surface area contributed by atoms with Gasteiger partial charge in [-0.15, -0.1) is 0 Å². The zero-order valence-corrected chi connectivity index (χ0v) is 22.1. The molecule has 0 spiro atoms. The number of aromatic nitrogens is 2. The van der Waals surface area contributed by atoms with Crippen molar-refractivity contribution in [3.8, 4) is 16.9 Å². The van der Waals surface area contributed by atoms with Crippen molar-refractivity contribution in [2.45, 2.75) is 44.6 Å². The molecule has 0 saturated heterocycles. The number of nitrogens with one attached hydrogen (secondary N) is 1. The van der Waals surface area contributed by atoms with Crippen LogP contribution in [0.25, 0.3) is 16.9 Å². The minimum Gasteiger partial charge on any atom is -0.375 e. The molecule has 2 aliphatic rings. The molecular weight excluding hydrogens is 524 g/mol. The van der Waals surface area contributed by atoms with Crippen molar-refractivity contribution in [3.63, 3.8) is 0 Å². The summed E-state index contributed by atoms with van der Waals surface area (Å²) in [6.07, 6.45) is 2.36. The van der Waals surface area contributed by atoms with Crippen LogP contribution in [0.1, 0.15) is 53.1 Å². The third-order valence-electron chi connectivity index (χ3n) is 7.76. The lowest BCUT2D eigenvalue weighted by atomic mass is 9.95. The second-order valence-corrected chi connectivity index (χ2v) is 10.8. The number of hydrogen-bond donors (Lipinski definition) is 2. The number of anilines is 1.